The first kappa shape index (κ1) is 20.7. The third-order valence-electron chi connectivity index (χ3n) is 6.72. The van der Waals surface area contributed by atoms with Crippen molar-refractivity contribution in [2.24, 2.45) is 0 Å². The number of carbonyl (C=O) groups is 1. The van der Waals surface area contributed by atoms with Gasteiger partial charge in [0, 0.05) is 43.6 Å². The number of carboxylic acid groups (broad SMARTS) is 1. The van der Waals surface area contributed by atoms with Gasteiger partial charge < -0.3 is 15.3 Å². The maximum absolute atomic E-state index is 11.4. The lowest BCUT2D eigenvalue weighted by atomic mass is 9.73. The minimum Gasteiger partial charge on any atom is -0.478 e. The first-order valence-electron chi connectivity index (χ1n) is 11.0. The van der Waals surface area contributed by atoms with Crippen LogP contribution in [0.3, 0.4) is 0 Å². The fourth-order valence-corrected chi connectivity index (χ4v) is 4.86. The van der Waals surface area contributed by atoms with Crippen LogP contribution in [0.15, 0.2) is 42.5 Å². The number of anilines is 2. The van der Waals surface area contributed by atoms with Crippen LogP contribution in [0.25, 0.3) is 0 Å². The lowest BCUT2D eigenvalue weighted by Gasteiger charge is -2.40. The Balaban J connectivity index is 1.55. The number of nitrogens with one attached hydrogen (secondary N) is 1. The zero-order valence-electron chi connectivity index (χ0n) is 18.5. The molecule has 4 rings (SSSR count). The number of benzene rings is 2. The van der Waals surface area contributed by atoms with E-state index in [2.05, 4.69) is 67.1 Å². The van der Waals surface area contributed by atoms with Crippen molar-refractivity contribution in [1.29, 1.82) is 0 Å². The normalized spacial score (nSPS) is 21.2. The molecule has 2 aliphatic heterocycles. The van der Waals surface area contributed by atoms with Crippen LogP contribution in [-0.2, 0) is 5.41 Å². The molecule has 5 heteroatoms. The summed E-state index contributed by atoms with van der Waals surface area (Å²) in [6.45, 7) is 13.3. The summed E-state index contributed by atoms with van der Waals surface area (Å²) in [4.78, 5) is 16.4. The number of aromatic carboxylic acids is 1. The Hall–Kier alpha value is -2.53. The van der Waals surface area contributed by atoms with Gasteiger partial charge in [0.2, 0.25) is 0 Å². The molecule has 2 heterocycles. The Morgan fingerprint density at radius 1 is 1.10 bits per heavy atom. The van der Waals surface area contributed by atoms with Crippen molar-refractivity contribution in [1.82, 2.24) is 4.90 Å². The molecule has 0 aliphatic carbocycles. The topological polar surface area (TPSA) is 55.8 Å². The van der Waals surface area contributed by atoms with Gasteiger partial charge in [-0.3, -0.25) is 4.90 Å². The molecule has 0 saturated carbocycles. The summed E-state index contributed by atoms with van der Waals surface area (Å²) >= 11 is 0. The number of nitrogens with zero attached hydrogens (tertiary/aromatic N) is 2. The number of fused-ring (bicyclic) bond motifs is 1. The van der Waals surface area contributed by atoms with Gasteiger partial charge in [0.1, 0.15) is 0 Å². The SMILES string of the molecule is CC(C)N1CCN(c2cccc(C3CC(C)(C)c4cc(C(=O)O)ccc4N3)c2)CC1. The predicted octanol–water partition coefficient (Wildman–Crippen LogP) is 4.75. The van der Waals surface area contributed by atoms with Crippen molar-refractivity contribution < 1.29 is 9.90 Å². The minimum atomic E-state index is -0.874. The van der Waals surface area contributed by atoms with Crippen molar-refractivity contribution >= 4 is 17.3 Å². The molecule has 2 aromatic rings. The summed E-state index contributed by atoms with van der Waals surface area (Å²) in [5, 5.41) is 13.0. The summed E-state index contributed by atoms with van der Waals surface area (Å²) < 4.78 is 0. The van der Waals surface area contributed by atoms with E-state index >= 15 is 0 Å². The zero-order chi connectivity index (χ0) is 21.5. The Kier molecular flexibility index (Phi) is 5.49. The third kappa shape index (κ3) is 4.04. The highest BCUT2D eigenvalue weighted by molar-refractivity contribution is 5.89. The van der Waals surface area contributed by atoms with E-state index in [-0.39, 0.29) is 11.5 Å². The highest BCUT2D eigenvalue weighted by Gasteiger charge is 2.34. The largest absolute Gasteiger partial charge is 0.478 e. The fraction of sp³-hybridized carbons (Fsp3) is 0.480. The van der Waals surface area contributed by atoms with Crippen LogP contribution in [0.4, 0.5) is 11.4 Å². The molecular formula is C25H33N3O2. The van der Waals surface area contributed by atoms with E-state index in [4.69, 9.17) is 0 Å². The summed E-state index contributed by atoms with van der Waals surface area (Å²) in [7, 11) is 0. The van der Waals surface area contributed by atoms with Gasteiger partial charge in [-0.2, -0.15) is 0 Å². The van der Waals surface area contributed by atoms with Gasteiger partial charge in [0.05, 0.1) is 11.6 Å². The number of hydrogen-bond donors (Lipinski definition) is 2. The maximum Gasteiger partial charge on any atom is 0.335 e. The monoisotopic (exact) mass is 407 g/mol. The van der Waals surface area contributed by atoms with Gasteiger partial charge in [0.25, 0.3) is 0 Å². The zero-order valence-corrected chi connectivity index (χ0v) is 18.5. The van der Waals surface area contributed by atoms with Gasteiger partial charge in [-0.25, -0.2) is 4.79 Å². The molecule has 30 heavy (non-hydrogen) atoms. The molecule has 1 fully saturated rings. The van der Waals surface area contributed by atoms with Crippen LogP contribution in [0.1, 0.15) is 61.6 Å². The van der Waals surface area contributed by atoms with Crippen LogP contribution in [0.5, 0.6) is 0 Å². The minimum absolute atomic E-state index is 0.102. The number of hydrogen-bond acceptors (Lipinski definition) is 4. The standard InChI is InChI=1S/C25H33N3O2/c1-17(2)27-10-12-28(13-11-27)20-7-5-6-18(14-20)23-16-25(3,4)21-15-19(24(29)30)8-9-22(21)26-23/h5-9,14-15,17,23,26H,10-13,16H2,1-4H3,(H,29,30). The first-order chi connectivity index (χ1) is 14.2. The summed E-state index contributed by atoms with van der Waals surface area (Å²) in [5.74, 6) is -0.874. The Morgan fingerprint density at radius 2 is 1.83 bits per heavy atom. The third-order valence-corrected chi connectivity index (χ3v) is 6.72. The molecule has 1 unspecified atom stereocenters. The molecular weight excluding hydrogens is 374 g/mol. The molecule has 2 aromatic carbocycles. The lowest BCUT2D eigenvalue weighted by Crippen LogP contribution is -2.48. The second kappa shape index (κ2) is 7.95. The Morgan fingerprint density at radius 3 is 2.50 bits per heavy atom. The summed E-state index contributed by atoms with van der Waals surface area (Å²) in [5.41, 5.74) is 4.96. The second-order valence-corrected chi connectivity index (χ2v) is 9.56. The number of rotatable bonds is 4. The van der Waals surface area contributed by atoms with Crippen LogP contribution >= 0.6 is 0 Å². The number of piperazine rings is 1. The Labute approximate surface area is 179 Å². The Bertz CT molecular complexity index is 930. The quantitative estimate of drug-likeness (QED) is 0.766. The molecule has 0 bridgehead atoms. The van der Waals surface area contributed by atoms with Gasteiger partial charge in [-0.05, 0) is 67.1 Å². The molecule has 5 nitrogen and oxygen atoms in total. The van der Waals surface area contributed by atoms with E-state index in [0.717, 1.165) is 43.9 Å². The van der Waals surface area contributed by atoms with Crippen LogP contribution < -0.4 is 10.2 Å². The molecule has 0 amide bonds. The van der Waals surface area contributed by atoms with E-state index in [1.54, 1.807) is 6.07 Å². The van der Waals surface area contributed by atoms with Crippen LogP contribution in [-0.4, -0.2) is 48.2 Å². The predicted molar refractivity (Wildman–Crippen MR) is 123 cm³/mol. The van der Waals surface area contributed by atoms with Crippen molar-refractivity contribution in [2.75, 3.05) is 36.4 Å². The number of carboxylic acids is 1. The van der Waals surface area contributed by atoms with Crippen molar-refractivity contribution in [2.45, 2.75) is 51.6 Å². The highest BCUT2D eigenvalue weighted by atomic mass is 16.4. The van der Waals surface area contributed by atoms with Crippen LogP contribution in [0, 0.1) is 0 Å². The van der Waals surface area contributed by atoms with Crippen molar-refractivity contribution in [3.63, 3.8) is 0 Å². The molecule has 1 saturated heterocycles. The average molecular weight is 408 g/mol. The van der Waals surface area contributed by atoms with Gasteiger partial charge >= 0.3 is 5.97 Å². The van der Waals surface area contributed by atoms with E-state index in [1.807, 2.05) is 12.1 Å². The van der Waals surface area contributed by atoms with Gasteiger partial charge in [0.15, 0.2) is 0 Å². The highest BCUT2D eigenvalue weighted by Crippen LogP contribution is 2.44. The molecule has 0 aromatic heterocycles. The maximum atomic E-state index is 11.4. The van der Waals surface area contributed by atoms with Crippen molar-refractivity contribution in [3.05, 3.63) is 59.2 Å². The van der Waals surface area contributed by atoms with E-state index in [1.165, 1.54) is 11.3 Å². The molecule has 0 spiro atoms. The van der Waals surface area contributed by atoms with E-state index in [9.17, 15) is 9.90 Å². The lowest BCUT2D eigenvalue weighted by molar-refractivity contribution is 0.0696. The van der Waals surface area contributed by atoms with E-state index in [0.29, 0.717) is 11.6 Å². The molecule has 0 radical (unpaired) electrons. The molecule has 160 valence electrons. The fourth-order valence-electron chi connectivity index (χ4n) is 4.86. The summed E-state index contributed by atoms with van der Waals surface area (Å²) in [6, 6.07) is 15.2. The van der Waals surface area contributed by atoms with Crippen molar-refractivity contribution in [3.8, 4) is 0 Å². The molecule has 2 aliphatic rings. The van der Waals surface area contributed by atoms with Crippen LogP contribution in [0.2, 0.25) is 0 Å². The average Bonchev–Trinajstić information content (AvgIpc) is 2.73. The summed E-state index contributed by atoms with van der Waals surface area (Å²) in [6.07, 6.45) is 0.924. The molecule has 1 atom stereocenters. The van der Waals surface area contributed by atoms with E-state index < -0.39 is 5.97 Å². The first-order valence-corrected chi connectivity index (χ1v) is 11.0. The smallest absolute Gasteiger partial charge is 0.335 e. The van der Waals surface area contributed by atoms with Gasteiger partial charge in [-0.15, -0.1) is 0 Å². The van der Waals surface area contributed by atoms with Gasteiger partial charge in [-0.1, -0.05) is 26.0 Å². The second-order valence-electron chi connectivity index (χ2n) is 9.56. The molecule has 2 N–H and O–H groups in total.